The first-order chi connectivity index (χ1) is 7.68. The second-order valence-corrected chi connectivity index (χ2v) is 3.69. The second kappa shape index (κ2) is 6.50. The van der Waals surface area contributed by atoms with E-state index in [-0.39, 0.29) is 0 Å². The maximum Gasteiger partial charge on any atom is 0.338 e. The minimum absolute atomic E-state index is 0.550. The number of hydrogen-bond donors (Lipinski definition) is 5. The highest BCUT2D eigenvalue weighted by molar-refractivity contribution is 5.76. The van der Waals surface area contributed by atoms with Crippen molar-refractivity contribution in [2.75, 3.05) is 0 Å². The number of esters is 1. The van der Waals surface area contributed by atoms with Crippen LogP contribution in [-0.2, 0) is 14.3 Å². The highest BCUT2D eigenvalue weighted by Gasteiger charge is 2.38. The van der Waals surface area contributed by atoms with Crippen LogP contribution in [0.2, 0.25) is 0 Å². The molecule has 5 N–H and O–H groups in total. The molecule has 0 rings (SSSR count). The molecule has 17 heavy (non-hydrogen) atoms. The number of carbonyl (C=O) groups is 2. The van der Waals surface area contributed by atoms with Gasteiger partial charge in [-0.15, -0.1) is 0 Å². The van der Waals surface area contributed by atoms with Gasteiger partial charge in [0.05, 0.1) is 6.10 Å². The summed E-state index contributed by atoms with van der Waals surface area (Å²) in [7, 11) is 0. The van der Waals surface area contributed by atoms with E-state index in [0.29, 0.717) is 0 Å². The smallest absolute Gasteiger partial charge is 0.338 e. The van der Waals surface area contributed by atoms with Crippen molar-refractivity contribution in [2.45, 2.75) is 44.4 Å². The van der Waals surface area contributed by atoms with Crippen LogP contribution in [0, 0.1) is 0 Å². The predicted octanol–water partition coefficient (Wildman–Crippen LogP) is -2.53. The van der Waals surface area contributed by atoms with Crippen molar-refractivity contribution in [3.05, 3.63) is 0 Å². The molecule has 0 fully saturated rings. The zero-order valence-electron chi connectivity index (χ0n) is 9.35. The van der Waals surface area contributed by atoms with Crippen LogP contribution in [0.1, 0.15) is 13.8 Å². The predicted molar refractivity (Wildman–Crippen MR) is 52.9 cm³/mol. The molecular weight excluding hydrogens is 236 g/mol. The lowest BCUT2D eigenvalue weighted by Crippen LogP contribution is -2.50. The van der Waals surface area contributed by atoms with Crippen molar-refractivity contribution in [3.8, 4) is 0 Å². The van der Waals surface area contributed by atoms with Gasteiger partial charge in [0.2, 0.25) is 0 Å². The molecule has 100 valence electrons. The van der Waals surface area contributed by atoms with Gasteiger partial charge in [0.15, 0.2) is 12.2 Å². The van der Waals surface area contributed by atoms with Gasteiger partial charge >= 0.3 is 11.9 Å². The van der Waals surface area contributed by atoms with E-state index in [0.717, 1.165) is 0 Å². The quantitative estimate of drug-likeness (QED) is 0.325. The molecule has 4 atom stereocenters. The molecule has 0 aromatic heterocycles. The van der Waals surface area contributed by atoms with Crippen LogP contribution in [-0.4, -0.2) is 68.0 Å². The second-order valence-electron chi connectivity index (χ2n) is 3.69. The van der Waals surface area contributed by atoms with Crippen molar-refractivity contribution in [1.82, 2.24) is 0 Å². The fraction of sp³-hybridized carbons (Fsp3) is 0.778. The molecule has 0 aromatic rings. The molecule has 8 nitrogen and oxygen atoms in total. The Morgan fingerprint density at radius 3 is 1.71 bits per heavy atom. The molecule has 0 amide bonds. The molecule has 0 bridgehead atoms. The maximum atomic E-state index is 11.1. The van der Waals surface area contributed by atoms with Gasteiger partial charge in [0.25, 0.3) is 0 Å². The zero-order chi connectivity index (χ0) is 13.7. The van der Waals surface area contributed by atoms with Crippen molar-refractivity contribution in [1.29, 1.82) is 0 Å². The molecule has 0 aliphatic carbocycles. The van der Waals surface area contributed by atoms with Crippen LogP contribution in [0.15, 0.2) is 0 Å². The van der Waals surface area contributed by atoms with Gasteiger partial charge in [-0.2, -0.15) is 0 Å². The molecule has 0 aliphatic rings. The minimum atomic E-state index is -2.31. The molecule has 0 unspecified atom stereocenters. The van der Waals surface area contributed by atoms with Crippen LogP contribution in [0.5, 0.6) is 0 Å². The molecule has 0 saturated carbocycles. The zero-order valence-corrected chi connectivity index (χ0v) is 9.35. The number of carboxylic acid groups (broad SMARTS) is 1. The Morgan fingerprint density at radius 2 is 1.35 bits per heavy atom. The Bertz CT molecular complexity index is 276. The van der Waals surface area contributed by atoms with Gasteiger partial charge in [-0.1, -0.05) is 0 Å². The SMILES string of the molecule is CC(C)OC(=O)[C@H](O)[C@H](O)[C@@H](O)[C@H](O)C(=O)O. The molecule has 0 aromatic carbocycles. The molecule has 0 radical (unpaired) electrons. The molecule has 0 spiro atoms. The summed E-state index contributed by atoms with van der Waals surface area (Å²) in [4.78, 5) is 21.4. The fourth-order valence-corrected chi connectivity index (χ4v) is 0.961. The Balaban J connectivity index is 4.53. The molecule has 0 saturated heterocycles. The number of rotatable bonds is 6. The number of hydrogen-bond acceptors (Lipinski definition) is 7. The van der Waals surface area contributed by atoms with E-state index in [1.165, 1.54) is 13.8 Å². The first-order valence-corrected chi connectivity index (χ1v) is 4.84. The maximum absolute atomic E-state index is 11.1. The van der Waals surface area contributed by atoms with Gasteiger partial charge in [0, 0.05) is 0 Å². The standard InChI is InChI=1S/C9H16O8/c1-3(2)17-9(16)7(13)5(11)4(10)6(12)8(14)15/h3-7,10-13H,1-2H3,(H,14,15)/t4-,5-,6+,7-/m1/s1. The lowest BCUT2D eigenvalue weighted by molar-refractivity contribution is -0.178. The van der Waals surface area contributed by atoms with Gasteiger partial charge < -0.3 is 30.3 Å². The third-order valence-electron chi connectivity index (χ3n) is 1.84. The summed E-state index contributed by atoms with van der Waals surface area (Å²) in [6.07, 6.45) is -9.37. The van der Waals surface area contributed by atoms with Crippen LogP contribution < -0.4 is 0 Å². The number of aliphatic carboxylic acids is 1. The van der Waals surface area contributed by atoms with Gasteiger partial charge in [-0.3, -0.25) is 0 Å². The Hall–Kier alpha value is -1.22. The van der Waals surface area contributed by atoms with Crippen molar-refractivity contribution >= 4 is 11.9 Å². The molecular formula is C9H16O8. The highest BCUT2D eigenvalue weighted by Crippen LogP contribution is 2.08. The number of ether oxygens (including phenoxy) is 1. The first-order valence-electron chi connectivity index (χ1n) is 4.84. The normalized spacial score (nSPS) is 18.3. The van der Waals surface area contributed by atoms with Crippen molar-refractivity contribution < 1.29 is 39.9 Å². The third-order valence-corrected chi connectivity index (χ3v) is 1.84. The monoisotopic (exact) mass is 252 g/mol. The van der Waals surface area contributed by atoms with Gasteiger partial charge in [0.1, 0.15) is 12.2 Å². The largest absolute Gasteiger partial charge is 0.479 e. The summed E-state index contributed by atoms with van der Waals surface area (Å²) in [6.45, 7) is 3.00. The summed E-state index contributed by atoms with van der Waals surface area (Å²) in [5.74, 6) is -3.01. The van der Waals surface area contributed by atoms with E-state index in [9.17, 15) is 19.8 Å². The topological polar surface area (TPSA) is 145 Å². The lowest BCUT2D eigenvalue weighted by atomic mass is 10.0. The summed E-state index contributed by atoms with van der Waals surface area (Å²) in [6, 6.07) is 0. The third kappa shape index (κ3) is 4.65. The van der Waals surface area contributed by atoms with Crippen molar-refractivity contribution in [3.63, 3.8) is 0 Å². The number of aliphatic hydroxyl groups excluding tert-OH is 4. The summed E-state index contributed by atoms with van der Waals surface area (Å²) in [5.41, 5.74) is 0. The van der Waals surface area contributed by atoms with Crippen LogP contribution in [0.4, 0.5) is 0 Å². The molecule has 0 aliphatic heterocycles. The van der Waals surface area contributed by atoms with Gasteiger partial charge in [-0.25, -0.2) is 9.59 Å². The van der Waals surface area contributed by atoms with E-state index >= 15 is 0 Å². The number of carboxylic acids is 1. The fourth-order valence-electron chi connectivity index (χ4n) is 0.961. The van der Waals surface area contributed by atoms with E-state index in [1.54, 1.807) is 0 Å². The summed E-state index contributed by atoms with van der Waals surface area (Å²) in [5, 5.41) is 44.9. The Labute approximate surface area is 97.1 Å². The van der Waals surface area contributed by atoms with E-state index in [2.05, 4.69) is 4.74 Å². The average Bonchev–Trinajstić information content (AvgIpc) is 2.23. The minimum Gasteiger partial charge on any atom is -0.479 e. The van der Waals surface area contributed by atoms with Gasteiger partial charge in [-0.05, 0) is 13.8 Å². The van der Waals surface area contributed by atoms with E-state index in [1.807, 2.05) is 0 Å². The molecule has 8 heteroatoms. The molecule has 0 heterocycles. The van der Waals surface area contributed by atoms with Crippen LogP contribution in [0.3, 0.4) is 0 Å². The highest BCUT2D eigenvalue weighted by atomic mass is 16.6. The number of aliphatic hydroxyl groups is 4. The van der Waals surface area contributed by atoms with E-state index < -0.39 is 42.5 Å². The lowest BCUT2D eigenvalue weighted by Gasteiger charge is -2.24. The van der Waals surface area contributed by atoms with E-state index in [4.69, 9.17) is 15.3 Å². The first kappa shape index (κ1) is 15.8. The summed E-state index contributed by atoms with van der Waals surface area (Å²) >= 11 is 0. The van der Waals surface area contributed by atoms with Crippen LogP contribution >= 0.6 is 0 Å². The Morgan fingerprint density at radius 1 is 0.941 bits per heavy atom. The summed E-state index contributed by atoms with van der Waals surface area (Å²) < 4.78 is 4.53. The Kier molecular flexibility index (Phi) is 6.03. The van der Waals surface area contributed by atoms with Crippen LogP contribution in [0.25, 0.3) is 0 Å². The number of carbonyl (C=O) groups excluding carboxylic acids is 1. The average molecular weight is 252 g/mol. The van der Waals surface area contributed by atoms with Crippen molar-refractivity contribution in [2.24, 2.45) is 0 Å².